The first-order valence-electron chi connectivity index (χ1n) is 5.17. The zero-order chi connectivity index (χ0) is 13.1. The Balaban J connectivity index is 2.21. The first kappa shape index (κ1) is 13.0. The van der Waals surface area contributed by atoms with Gasteiger partial charge in [0.05, 0.1) is 19.0 Å². The highest BCUT2D eigenvalue weighted by molar-refractivity contribution is 9.10. The summed E-state index contributed by atoms with van der Waals surface area (Å²) in [4.78, 5) is 15.9. The molecule has 94 valence electrons. The molecule has 0 fully saturated rings. The van der Waals surface area contributed by atoms with Crippen LogP contribution in [0.1, 0.15) is 15.2 Å². The molecule has 0 amide bonds. The third-order valence-electron chi connectivity index (χ3n) is 2.26. The maximum absolute atomic E-state index is 11.3. The minimum Gasteiger partial charge on any atom is -0.465 e. The average Bonchev–Trinajstić information content (AvgIpc) is 2.81. The third kappa shape index (κ3) is 2.88. The number of thiazole rings is 1. The van der Waals surface area contributed by atoms with Gasteiger partial charge in [-0.3, -0.25) is 0 Å². The van der Waals surface area contributed by atoms with E-state index < -0.39 is 0 Å². The van der Waals surface area contributed by atoms with E-state index in [0.717, 1.165) is 15.7 Å². The van der Waals surface area contributed by atoms with Gasteiger partial charge in [-0.15, -0.1) is 0 Å². The number of nitrogens with one attached hydrogen (secondary N) is 1. The summed E-state index contributed by atoms with van der Waals surface area (Å²) >= 11 is 4.72. The van der Waals surface area contributed by atoms with E-state index in [-0.39, 0.29) is 5.97 Å². The number of carbonyl (C=O) groups is 1. The van der Waals surface area contributed by atoms with Crippen LogP contribution in [0.2, 0.25) is 0 Å². The predicted molar refractivity (Wildman–Crippen MR) is 75.6 cm³/mol. The number of nitrogens with zero attached hydrogens (tertiary/aromatic N) is 1. The van der Waals surface area contributed by atoms with Crippen molar-refractivity contribution in [2.24, 2.45) is 0 Å². The molecule has 0 aliphatic heterocycles. The van der Waals surface area contributed by atoms with E-state index in [9.17, 15) is 4.79 Å². The second-order valence-corrected chi connectivity index (χ2v) is 5.51. The molecule has 0 spiro atoms. The number of ether oxygens (including phenoxy) is 1. The van der Waals surface area contributed by atoms with Crippen molar-refractivity contribution in [3.8, 4) is 0 Å². The number of esters is 1. The van der Waals surface area contributed by atoms with Gasteiger partial charge in [-0.25, -0.2) is 9.78 Å². The predicted octanol–water partition coefficient (Wildman–Crippen LogP) is 3.74. The standard InChI is InChI=1S/C12H11BrN2O2S/c1-7-3-4-8(13)9(5-7)15-12-14-6-10(18-12)11(16)17-2/h3-6H,1-2H3,(H,14,15). The van der Waals surface area contributed by atoms with Crippen molar-refractivity contribution < 1.29 is 9.53 Å². The van der Waals surface area contributed by atoms with Crippen LogP contribution in [-0.4, -0.2) is 18.1 Å². The molecule has 1 aromatic carbocycles. The van der Waals surface area contributed by atoms with Crippen LogP contribution in [0.25, 0.3) is 0 Å². The number of hydrogen-bond acceptors (Lipinski definition) is 5. The summed E-state index contributed by atoms with van der Waals surface area (Å²) in [7, 11) is 1.35. The first-order valence-corrected chi connectivity index (χ1v) is 6.78. The molecule has 4 nitrogen and oxygen atoms in total. The van der Waals surface area contributed by atoms with Crippen LogP contribution in [0.5, 0.6) is 0 Å². The molecule has 0 saturated carbocycles. The van der Waals surface area contributed by atoms with Gasteiger partial charge in [-0.1, -0.05) is 17.4 Å². The molecule has 0 atom stereocenters. The quantitative estimate of drug-likeness (QED) is 0.873. The Hall–Kier alpha value is -1.40. The molecule has 1 aromatic heterocycles. The number of hydrogen-bond donors (Lipinski definition) is 1. The van der Waals surface area contributed by atoms with Crippen LogP contribution in [0.3, 0.4) is 0 Å². The van der Waals surface area contributed by atoms with Crippen molar-refractivity contribution in [3.63, 3.8) is 0 Å². The highest BCUT2D eigenvalue weighted by Crippen LogP contribution is 2.29. The van der Waals surface area contributed by atoms with Crippen molar-refractivity contribution in [2.75, 3.05) is 12.4 Å². The molecule has 0 bridgehead atoms. The lowest BCUT2D eigenvalue weighted by Crippen LogP contribution is -1.96. The van der Waals surface area contributed by atoms with Crippen molar-refractivity contribution >= 4 is 44.1 Å². The fourth-order valence-electron chi connectivity index (χ4n) is 1.38. The summed E-state index contributed by atoms with van der Waals surface area (Å²) in [6.45, 7) is 2.01. The van der Waals surface area contributed by atoms with E-state index >= 15 is 0 Å². The number of methoxy groups -OCH3 is 1. The highest BCUT2D eigenvalue weighted by Gasteiger charge is 2.11. The molecule has 0 aliphatic rings. The maximum atomic E-state index is 11.3. The van der Waals surface area contributed by atoms with Crippen LogP contribution in [0.4, 0.5) is 10.8 Å². The molecule has 2 rings (SSSR count). The van der Waals surface area contributed by atoms with Crippen molar-refractivity contribution in [3.05, 3.63) is 39.3 Å². The Morgan fingerprint density at radius 2 is 2.28 bits per heavy atom. The molecule has 1 heterocycles. The topological polar surface area (TPSA) is 51.2 Å². The number of anilines is 2. The van der Waals surface area contributed by atoms with Crippen molar-refractivity contribution in [1.29, 1.82) is 0 Å². The lowest BCUT2D eigenvalue weighted by Gasteiger charge is -2.06. The number of carbonyl (C=O) groups excluding carboxylic acids is 1. The van der Waals surface area contributed by atoms with Crippen LogP contribution in [0.15, 0.2) is 28.9 Å². The van der Waals surface area contributed by atoms with E-state index in [1.807, 2.05) is 25.1 Å². The summed E-state index contributed by atoms with van der Waals surface area (Å²) in [5.74, 6) is -0.371. The molecule has 0 saturated heterocycles. The van der Waals surface area contributed by atoms with Gasteiger partial charge in [-0.05, 0) is 40.5 Å². The van der Waals surface area contributed by atoms with Crippen LogP contribution in [-0.2, 0) is 4.74 Å². The number of benzene rings is 1. The van der Waals surface area contributed by atoms with E-state index in [4.69, 9.17) is 0 Å². The lowest BCUT2D eigenvalue weighted by atomic mass is 10.2. The molecule has 6 heteroatoms. The summed E-state index contributed by atoms with van der Waals surface area (Å²) in [6, 6.07) is 5.98. The summed E-state index contributed by atoms with van der Waals surface area (Å²) in [5, 5.41) is 3.82. The number of rotatable bonds is 3. The van der Waals surface area contributed by atoms with Gasteiger partial charge < -0.3 is 10.1 Å². The minimum absolute atomic E-state index is 0.371. The van der Waals surface area contributed by atoms with Gasteiger partial charge in [0.15, 0.2) is 5.13 Å². The first-order chi connectivity index (χ1) is 8.60. The Bertz CT molecular complexity index is 583. The van der Waals surface area contributed by atoms with Gasteiger partial charge in [0, 0.05) is 4.47 Å². The Labute approximate surface area is 117 Å². The molecule has 0 aliphatic carbocycles. The monoisotopic (exact) mass is 326 g/mol. The molecule has 2 aromatic rings. The zero-order valence-electron chi connectivity index (χ0n) is 9.86. The second kappa shape index (κ2) is 5.49. The molecule has 18 heavy (non-hydrogen) atoms. The molecule has 0 radical (unpaired) electrons. The van der Waals surface area contributed by atoms with Crippen LogP contribution >= 0.6 is 27.3 Å². The smallest absolute Gasteiger partial charge is 0.349 e. The molecular weight excluding hydrogens is 316 g/mol. The van der Waals surface area contributed by atoms with Crippen molar-refractivity contribution in [1.82, 2.24) is 4.98 Å². The largest absolute Gasteiger partial charge is 0.465 e. The van der Waals surface area contributed by atoms with E-state index in [0.29, 0.717) is 10.0 Å². The van der Waals surface area contributed by atoms with Gasteiger partial charge in [0.1, 0.15) is 4.88 Å². The summed E-state index contributed by atoms with van der Waals surface area (Å²) < 4.78 is 5.58. The highest BCUT2D eigenvalue weighted by atomic mass is 79.9. The molecule has 1 N–H and O–H groups in total. The maximum Gasteiger partial charge on any atom is 0.349 e. The second-order valence-electron chi connectivity index (χ2n) is 3.63. The van der Waals surface area contributed by atoms with Gasteiger partial charge in [0.25, 0.3) is 0 Å². The van der Waals surface area contributed by atoms with Gasteiger partial charge in [-0.2, -0.15) is 0 Å². The Kier molecular flexibility index (Phi) is 3.98. The van der Waals surface area contributed by atoms with Gasteiger partial charge in [0.2, 0.25) is 0 Å². The normalized spacial score (nSPS) is 10.2. The van der Waals surface area contributed by atoms with E-state index in [1.165, 1.54) is 24.6 Å². The lowest BCUT2D eigenvalue weighted by molar-refractivity contribution is 0.0606. The van der Waals surface area contributed by atoms with Crippen LogP contribution in [0, 0.1) is 6.92 Å². The minimum atomic E-state index is -0.371. The fourth-order valence-corrected chi connectivity index (χ4v) is 2.47. The number of aryl methyl sites for hydroxylation is 1. The number of halogens is 1. The van der Waals surface area contributed by atoms with E-state index in [1.54, 1.807) is 0 Å². The van der Waals surface area contributed by atoms with Crippen LogP contribution < -0.4 is 5.32 Å². The zero-order valence-corrected chi connectivity index (χ0v) is 12.3. The fraction of sp³-hybridized carbons (Fsp3) is 0.167. The average molecular weight is 327 g/mol. The molecular formula is C12H11BrN2O2S. The third-order valence-corrected chi connectivity index (χ3v) is 3.84. The number of aromatic nitrogens is 1. The van der Waals surface area contributed by atoms with Crippen molar-refractivity contribution in [2.45, 2.75) is 6.92 Å². The molecule has 0 unspecified atom stereocenters. The Morgan fingerprint density at radius 3 is 3.00 bits per heavy atom. The Morgan fingerprint density at radius 1 is 1.50 bits per heavy atom. The van der Waals surface area contributed by atoms with Gasteiger partial charge >= 0.3 is 5.97 Å². The summed E-state index contributed by atoms with van der Waals surface area (Å²) in [5.41, 5.74) is 2.06. The van der Waals surface area contributed by atoms with E-state index in [2.05, 4.69) is 31.0 Å². The SMILES string of the molecule is COC(=O)c1cnc(Nc2cc(C)ccc2Br)s1. The summed E-state index contributed by atoms with van der Waals surface area (Å²) in [6.07, 6.45) is 1.50.